The molecule has 5 rings (SSSR count). The molecule has 0 unspecified atom stereocenters. The van der Waals surface area contributed by atoms with Crippen LogP contribution in [0.2, 0.25) is 0 Å². The van der Waals surface area contributed by atoms with Gasteiger partial charge in [-0.3, -0.25) is 9.59 Å². The van der Waals surface area contributed by atoms with E-state index in [0.717, 1.165) is 21.8 Å². The van der Waals surface area contributed by atoms with E-state index >= 15 is 0 Å². The lowest BCUT2D eigenvalue weighted by Crippen LogP contribution is -2.50. The summed E-state index contributed by atoms with van der Waals surface area (Å²) >= 11 is 1.59. The Hall–Kier alpha value is -3.58. The number of rotatable bonds is 5. The largest absolute Gasteiger partial charge is 0.335 e. The SMILES string of the molecule is O=C(c1ccccc1)N1CCN(C(=O)c2ccccc2CSc2nc3ccccc3[nH]2)CC1. The minimum atomic E-state index is 0.0163. The molecule has 33 heavy (non-hydrogen) atoms. The van der Waals surface area contributed by atoms with Crippen LogP contribution in [0.5, 0.6) is 0 Å². The van der Waals surface area contributed by atoms with Crippen molar-refractivity contribution in [2.75, 3.05) is 26.2 Å². The summed E-state index contributed by atoms with van der Waals surface area (Å²) in [6.45, 7) is 2.13. The first-order valence-electron chi connectivity index (χ1n) is 11.0. The van der Waals surface area contributed by atoms with E-state index in [-0.39, 0.29) is 11.8 Å². The highest BCUT2D eigenvalue weighted by molar-refractivity contribution is 7.98. The van der Waals surface area contributed by atoms with Crippen LogP contribution in [0.15, 0.2) is 84.0 Å². The molecule has 4 aromatic rings. The number of carbonyl (C=O) groups is 2. The summed E-state index contributed by atoms with van der Waals surface area (Å²) in [6, 6.07) is 25.0. The number of nitrogens with one attached hydrogen (secondary N) is 1. The van der Waals surface area contributed by atoms with Crippen molar-refractivity contribution in [2.45, 2.75) is 10.9 Å². The number of H-pyrrole nitrogens is 1. The normalized spacial score (nSPS) is 13.9. The zero-order valence-electron chi connectivity index (χ0n) is 18.1. The highest BCUT2D eigenvalue weighted by Gasteiger charge is 2.26. The molecular weight excluding hydrogens is 432 g/mol. The topological polar surface area (TPSA) is 69.3 Å². The van der Waals surface area contributed by atoms with Gasteiger partial charge in [-0.15, -0.1) is 0 Å². The Labute approximate surface area is 196 Å². The summed E-state index contributed by atoms with van der Waals surface area (Å²) in [7, 11) is 0. The Bertz CT molecular complexity index is 1250. The highest BCUT2D eigenvalue weighted by Crippen LogP contribution is 2.25. The van der Waals surface area contributed by atoms with Crippen molar-refractivity contribution < 1.29 is 9.59 Å². The van der Waals surface area contributed by atoms with E-state index in [9.17, 15) is 9.59 Å². The molecule has 3 aromatic carbocycles. The Morgan fingerprint density at radius 2 is 1.42 bits per heavy atom. The van der Waals surface area contributed by atoms with Gasteiger partial charge in [0.25, 0.3) is 11.8 Å². The molecule has 6 nitrogen and oxygen atoms in total. The number of carbonyl (C=O) groups excluding carboxylic acids is 2. The molecule has 2 amide bonds. The average molecular weight is 457 g/mol. The number of thioether (sulfide) groups is 1. The lowest BCUT2D eigenvalue weighted by molar-refractivity contribution is 0.0535. The zero-order chi connectivity index (χ0) is 22.6. The average Bonchev–Trinajstić information content (AvgIpc) is 3.30. The van der Waals surface area contributed by atoms with Gasteiger partial charge in [0.15, 0.2) is 5.16 Å². The molecule has 0 bridgehead atoms. The number of benzene rings is 3. The third-order valence-corrected chi connectivity index (χ3v) is 6.78. The van der Waals surface area contributed by atoms with E-state index in [1.807, 2.05) is 88.7 Å². The van der Waals surface area contributed by atoms with Crippen LogP contribution in [0.25, 0.3) is 11.0 Å². The molecule has 1 aliphatic heterocycles. The van der Waals surface area contributed by atoms with Crippen molar-refractivity contribution >= 4 is 34.6 Å². The van der Waals surface area contributed by atoms with Crippen molar-refractivity contribution in [1.29, 1.82) is 0 Å². The van der Waals surface area contributed by atoms with Gasteiger partial charge in [-0.05, 0) is 35.9 Å². The van der Waals surface area contributed by atoms with Gasteiger partial charge < -0.3 is 14.8 Å². The van der Waals surface area contributed by atoms with E-state index in [2.05, 4.69) is 9.97 Å². The number of aromatic amines is 1. The van der Waals surface area contributed by atoms with Crippen LogP contribution < -0.4 is 0 Å². The number of para-hydroxylation sites is 2. The standard InChI is InChI=1S/C26H24N4O2S/c31-24(19-8-2-1-3-9-19)29-14-16-30(17-15-29)25(32)21-11-5-4-10-20(21)18-33-26-27-22-12-6-7-13-23(22)28-26/h1-13H,14-18H2,(H,27,28). The fourth-order valence-electron chi connectivity index (χ4n) is 4.04. The van der Waals surface area contributed by atoms with Crippen molar-refractivity contribution in [3.05, 3.63) is 95.6 Å². The van der Waals surface area contributed by atoms with Crippen molar-refractivity contribution in [1.82, 2.24) is 19.8 Å². The number of piperazine rings is 1. The lowest BCUT2D eigenvalue weighted by atomic mass is 10.1. The fourth-order valence-corrected chi connectivity index (χ4v) is 4.93. The van der Waals surface area contributed by atoms with Crippen LogP contribution in [-0.2, 0) is 5.75 Å². The Morgan fingerprint density at radius 3 is 2.18 bits per heavy atom. The first-order chi connectivity index (χ1) is 16.2. The van der Waals surface area contributed by atoms with Crippen LogP contribution in [0.1, 0.15) is 26.3 Å². The lowest BCUT2D eigenvalue weighted by Gasteiger charge is -2.35. The monoisotopic (exact) mass is 456 g/mol. The summed E-state index contributed by atoms with van der Waals surface area (Å²) < 4.78 is 0. The second-order valence-corrected chi connectivity index (χ2v) is 8.92. The molecule has 1 N–H and O–H groups in total. The maximum absolute atomic E-state index is 13.3. The maximum Gasteiger partial charge on any atom is 0.254 e. The van der Waals surface area contributed by atoms with Crippen molar-refractivity contribution in [3.8, 4) is 0 Å². The first-order valence-corrected chi connectivity index (χ1v) is 12.0. The molecular formula is C26H24N4O2S. The molecule has 0 saturated carbocycles. The van der Waals surface area contributed by atoms with Gasteiger partial charge in [0.05, 0.1) is 11.0 Å². The Balaban J connectivity index is 1.23. The number of amides is 2. The quantitative estimate of drug-likeness (QED) is 0.451. The minimum absolute atomic E-state index is 0.0163. The maximum atomic E-state index is 13.3. The number of imidazole rings is 1. The van der Waals surface area contributed by atoms with Gasteiger partial charge in [-0.2, -0.15) is 0 Å². The van der Waals surface area contributed by atoms with Gasteiger partial charge in [-0.25, -0.2) is 4.98 Å². The molecule has 0 aliphatic carbocycles. The summed E-state index contributed by atoms with van der Waals surface area (Å²) in [4.78, 5) is 37.6. The predicted molar refractivity (Wildman–Crippen MR) is 130 cm³/mol. The molecule has 1 aliphatic rings. The second-order valence-electron chi connectivity index (χ2n) is 7.96. The molecule has 0 atom stereocenters. The third kappa shape index (κ3) is 4.64. The number of hydrogen-bond donors (Lipinski definition) is 1. The number of nitrogens with zero attached hydrogens (tertiary/aromatic N) is 3. The van der Waals surface area contributed by atoms with Crippen molar-refractivity contribution in [3.63, 3.8) is 0 Å². The number of fused-ring (bicyclic) bond motifs is 1. The molecule has 0 radical (unpaired) electrons. The van der Waals surface area contributed by atoms with E-state index in [0.29, 0.717) is 43.1 Å². The molecule has 7 heteroatoms. The van der Waals surface area contributed by atoms with E-state index in [1.165, 1.54) is 0 Å². The Kier molecular flexibility index (Phi) is 6.13. The van der Waals surface area contributed by atoms with Gasteiger partial charge in [0.1, 0.15) is 0 Å². The molecule has 2 heterocycles. The van der Waals surface area contributed by atoms with Gasteiger partial charge >= 0.3 is 0 Å². The molecule has 1 aromatic heterocycles. The molecule has 1 saturated heterocycles. The molecule has 166 valence electrons. The van der Waals surface area contributed by atoms with E-state index in [4.69, 9.17) is 0 Å². The smallest absolute Gasteiger partial charge is 0.254 e. The van der Waals surface area contributed by atoms with E-state index in [1.54, 1.807) is 11.8 Å². The minimum Gasteiger partial charge on any atom is -0.335 e. The molecule has 1 fully saturated rings. The Morgan fingerprint density at radius 1 is 0.788 bits per heavy atom. The summed E-state index contributed by atoms with van der Waals surface area (Å²) in [6.07, 6.45) is 0. The predicted octanol–water partition coefficient (Wildman–Crippen LogP) is 4.45. The third-order valence-electron chi connectivity index (χ3n) is 5.85. The summed E-state index contributed by atoms with van der Waals surface area (Å²) in [5.74, 6) is 0.682. The van der Waals surface area contributed by atoms with Gasteiger partial charge in [0, 0.05) is 43.1 Å². The summed E-state index contributed by atoms with van der Waals surface area (Å²) in [5, 5.41) is 0.839. The van der Waals surface area contributed by atoms with Gasteiger partial charge in [0.2, 0.25) is 0 Å². The molecule has 0 spiro atoms. The zero-order valence-corrected chi connectivity index (χ0v) is 18.9. The van der Waals surface area contributed by atoms with Crippen LogP contribution in [0.3, 0.4) is 0 Å². The fraction of sp³-hybridized carbons (Fsp3) is 0.192. The van der Waals surface area contributed by atoms with Crippen LogP contribution in [0.4, 0.5) is 0 Å². The van der Waals surface area contributed by atoms with Crippen LogP contribution >= 0.6 is 11.8 Å². The van der Waals surface area contributed by atoms with E-state index < -0.39 is 0 Å². The summed E-state index contributed by atoms with van der Waals surface area (Å²) in [5.41, 5.74) is 4.32. The second kappa shape index (κ2) is 9.50. The highest BCUT2D eigenvalue weighted by atomic mass is 32.2. The van der Waals surface area contributed by atoms with Crippen LogP contribution in [0, 0.1) is 0 Å². The number of aromatic nitrogens is 2. The first kappa shape index (κ1) is 21.3. The van der Waals surface area contributed by atoms with Gasteiger partial charge in [-0.1, -0.05) is 60.3 Å². The van der Waals surface area contributed by atoms with Crippen LogP contribution in [-0.4, -0.2) is 57.8 Å². The number of hydrogen-bond acceptors (Lipinski definition) is 4. The van der Waals surface area contributed by atoms with Crippen molar-refractivity contribution in [2.24, 2.45) is 0 Å².